The van der Waals surface area contributed by atoms with Crippen molar-refractivity contribution in [1.29, 1.82) is 0 Å². The Kier molecular flexibility index (Phi) is 4.93. The highest BCUT2D eigenvalue weighted by Gasteiger charge is 2.19. The lowest BCUT2D eigenvalue weighted by molar-refractivity contribution is 0.0736. The van der Waals surface area contributed by atoms with E-state index in [1.54, 1.807) is 18.2 Å². The number of carbonyl (C=O) groups is 1. The number of esters is 1. The Bertz CT molecular complexity index is 943. The number of benzene rings is 2. The van der Waals surface area contributed by atoms with Gasteiger partial charge in [-0.1, -0.05) is 18.2 Å². The zero-order valence-corrected chi connectivity index (χ0v) is 15.0. The van der Waals surface area contributed by atoms with Crippen molar-refractivity contribution in [1.82, 2.24) is 4.98 Å². The number of ether oxygens (including phenoxy) is 4. The third-order valence-corrected chi connectivity index (χ3v) is 3.93. The highest BCUT2D eigenvalue weighted by Crippen LogP contribution is 2.38. The van der Waals surface area contributed by atoms with Crippen LogP contribution in [0.3, 0.4) is 0 Å². The molecular formula is C20H19NO5. The Morgan fingerprint density at radius 3 is 2.19 bits per heavy atom. The van der Waals surface area contributed by atoms with E-state index in [-0.39, 0.29) is 5.56 Å². The zero-order valence-electron chi connectivity index (χ0n) is 15.0. The minimum Gasteiger partial charge on any atom is -0.493 e. The molecule has 6 nitrogen and oxygen atoms in total. The first-order valence-corrected chi connectivity index (χ1v) is 7.96. The summed E-state index contributed by atoms with van der Waals surface area (Å²) in [4.78, 5) is 17.1. The second-order valence-electron chi connectivity index (χ2n) is 5.58. The molecule has 0 unspecified atom stereocenters. The van der Waals surface area contributed by atoms with Gasteiger partial charge < -0.3 is 18.9 Å². The number of para-hydroxylation sites is 1. The number of aryl methyl sites for hydroxylation is 1. The predicted octanol–water partition coefficient (Wildman–Crippen LogP) is 3.79. The molecule has 0 atom stereocenters. The minimum absolute atomic E-state index is 0.282. The molecule has 0 saturated heterocycles. The van der Waals surface area contributed by atoms with Crippen molar-refractivity contribution >= 4 is 16.9 Å². The van der Waals surface area contributed by atoms with Gasteiger partial charge in [0.25, 0.3) is 0 Å². The number of carbonyl (C=O) groups excluding carboxylic acids is 1. The summed E-state index contributed by atoms with van der Waals surface area (Å²) in [6, 6.07) is 12.4. The van der Waals surface area contributed by atoms with Gasteiger partial charge in [0.15, 0.2) is 17.2 Å². The Balaban J connectivity index is 2.00. The van der Waals surface area contributed by atoms with Gasteiger partial charge in [0.2, 0.25) is 5.75 Å². The summed E-state index contributed by atoms with van der Waals surface area (Å²) in [5.74, 6) is 1.02. The Morgan fingerprint density at radius 2 is 1.58 bits per heavy atom. The molecule has 3 rings (SSSR count). The van der Waals surface area contributed by atoms with E-state index in [1.807, 2.05) is 31.2 Å². The van der Waals surface area contributed by atoms with Crippen LogP contribution in [0.2, 0.25) is 0 Å². The minimum atomic E-state index is -0.542. The van der Waals surface area contributed by atoms with Gasteiger partial charge in [-0.2, -0.15) is 0 Å². The molecule has 134 valence electrons. The van der Waals surface area contributed by atoms with E-state index in [0.29, 0.717) is 28.5 Å². The van der Waals surface area contributed by atoms with E-state index in [1.165, 1.54) is 21.3 Å². The Morgan fingerprint density at radius 1 is 0.885 bits per heavy atom. The average molecular weight is 353 g/mol. The lowest BCUT2D eigenvalue weighted by Gasteiger charge is -2.14. The molecule has 26 heavy (non-hydrogen) atoms. The van der Waals surface area contributed by atoms with E-state index in [9.17, 15) is 4.79 Å². The van der Waals surface area contributed by atoms with E-state index < -0.39 is 5.97 Å². The number of rotatable bonds is 5. The number of methoxy groups -OCH3 is 3. The third kappa shape index (κ3) is 3.26. The molecule has 2 aromatic carbocycles. The normalized spacial score (nSPS) is 10.5. The molecule has 0 fully saturated rings. The number of aromatic nitrogens is 1. The van der Waals surface area contributed by atoms with Crippen LogP contribution in [0.1, 0.15) is 16.1 Å². The van der Waals surface area contributed by atoms with Gasteiger partial charge in [0.05, 0.1) is 26.9 Å². The van der Waals surface area contributed by atoms with Crippen LogP contribution in [-0.4, -0.2) is 32.3 Å². The smallest absolute Gasteiger partial charge is 0.343 e. The maximum absolute atomic E-state index is 12.7. The second-order valence-corrected chi connectivity index (χ2v) is 5.58. The number of hydrogen-bond donors (Lipinski definition) is 0. The molecule has 0 saturated carbocycles. The summed E-state index contributed by atoms with van der Waals surface area (Å²) in [6.45, 7) is 1.89. The molecule has 6 heteroatoms. The van der Waals surface area contributed by atoms with Crippen LogP contribution in [0.15, 0.2) is 42.5 Å². The van der Waals surface area contributed by atoms with E-state index in [4.69, 9.17) is 18.9 Å². The summed E-state index contributed by atoms with van der Waals surface area (Å²) in [5, 5.41) is 0.894. The first-order chi connectivity index (χ1) is 12.6. The number of pyridine rings is 1. The van der Waals surface area contributed by atoms with E-state index in [2.05, 4.69) is 4.98 Å². The average Bonchev–Trinajstić information content (AvgIpc) is 2.67. The standard InChI is InChI=1S/C20H19NO5/c1-12-8-9-13-6-5-7-15(18(13)21-12)26-20(22)14-10-16(23-2)19(25-4)17(11-14)24-3/h5-11H,1-4H3. The van der Waals surface area contributed by atoms with Crippen molar-refractivity contribution in [3.63, 3.8) is 0 Å². The van der Waals surface area contributed by atoms with Gasteiger partial charge in [-0.3, -0.25) is 0 Å². The summed E-state index contributed by atoms with van der Waals surface area (Å²) < 4.78 is 21.4. The van der Waals surface area contributed by atoms with Gasteiger partial charge in [-0.15, -0.1) is 0 Å². The second kappa shape index (κ2) is 7.31. The first kappa shape index (κ1) is 17.5. The van der Waals surface area contributed by atoms with Crippen molar-refractivity contribution in [3.05, 3.63) is 53.7 Å². The highest BCUT2D eigenvalue weighted by molar-refractivity contribution is 5.95. The summed E-state index contributed by atoms with van der Waals surface area (Å²) in [6.07, 6.45) is 0. The van der Waals surface area contributed by atoms with Crippen molar-refractivity contribution in [2.75, 3.05) is 21.3 Å². The fourth-order valence-corrected chi connectivity index (χ4v) is 2.66. The van der Waals surface area contributed by atoms with Crippen LogP contribution in [0.4, 0.5) is 0 Å². The Labute approximate surface area is 151 Å². The summed E-state index contributed by atoms with van der Waals surface area (Å²) >= 11 is 0. The van der Waals surface area contributed by atoms with E-state index >= 15 is 0 Å². The zero-order chi connectivity index (χ0) is 18.7. The molecule has 0 spiro atoms. The fraction of sp³-hybridized carbons (Fsp3) is 0.200. The third-order valence-electron chi connectivity index (χ3n) is 3.93. The van der Waals surface area contributed by atoms with Crippen LogP contribution in [0.25, 0.3) is 10.9 Å². The lowest BCUT2D eigenvalue weighted by Crippen LogP contribution is -2.10. The molecule has 0 aliphatic rings. The molecule has 3 aromatic rings. The van der Waals surface area contributed by atoms with Crippen LogP contribution in [-0.2, 0) is 0 Å². The Hall–Kier alpha value is -3.28. The van der Waals surface area contributed by atoms with Gasteiger partial charge in [-0.05, 0) is 31.2 Å². The maximum atomic E-state index is 12.7. The van der Waals surface area contributed by atoms with Gasteiger partial charge in [0, 0.05) is 11.1 Å². The molecule has 0 N–H and O–H groups in total. The largest absolute Gasteiger partial charge is 0.493 e. The molecular weight excluding hydrogens is 334 g/mol. The number of nitrogens with zero attached hydrogens (tertiary/aromatic N) is 1. The first-order valence-electron chi connectivity index (χ1n) is 7.96. The van der Waals surface area contributed by atoms with Gasteiger partial charge >= 0.3 is 5.97 Å². The quantitative estimate of drug-likeness (QED) is 0.514. The maximum Gasteiger partial charge on any atom is 0.343 e. The highest BCUT2D eigenvalue weighted by atomic mass is 16.5. The molecule has 0 aliphatic carbocycles. The van der Waals surface area contributed by atoms with Gasteiger partial charge in [0.1, 0.15) is 5.52 Å². The molecule has 0 radical (unpaired) electrons. The number of hydrogen-bond acceptors (Lipinski definition) is 6. The van der Waals surface area contributed by atoms with Gasteiger partial charge in [-0.25, -0.2) is 9.78 Å². The van der Waals surface area contributed by atoms with Crippen LogP contribution < -0.4 is 18.9 Å². The van der Waals surface area contributed by atoms with E-state index in [0.717, 1.165) is 11.1 Å². The monoisotopic (exact) mass is 353 g/mol. The fourth-order valence-electron chi connectivity index (χ4n) is 2.66. The lowest BCUT2D eigenvalue weighted by atomic mass is 10.1. The van der Waals surface area contributed by atoms with Crippen LogP contribution >= 0.6 is 0 Å². The molecule has 0 amide bonds. The summed E-state index contributed by atoms with van der Waals surface area (Å²) in [7, 11) is 4.48. The van der Waals surface area contributed by atoms with Crippen LogP contribution in [0, 0.1) is 6.92 Å². The number of fused-ring (bicyclic) bond motifs is 1. The molecule has 0 bridgehead atoms. The van der Waals surface area contributed by atoms with Crippen molar-refractivity contribution in [3.8, 4) is 23.0 Å². The summed E-state index contributed by atoms with van der Waals surface area (Å²) in [5.41, 5.74) is 1.76. The van der Waals surface area contributed by atoms with Crippen molar-refractivity contribution < 1.29 is 23.7 Å². The SMILES string of the molecule is COc1cc(C(=O)Oc2cccc3ccc(C)nc23)cc(OC)c1OC. The van der Waals surface area contributed by atoms with Crippen molar-refractivity contribution in [2.24, 2.45) is 0 Å². The van der Waals surface area contributed by atoms with Crippen LogP contribution in [0.5, 0.6) is 23.0 Å². The topological polar surface area (TPSA) is 66.9 Å². The molecule has 1 heterocycles. The van der Waals surface area contributed by atoms with Crippen molar-refractivity contribution in [2.45, 2.75) is 6.92 Å². The molecule has 0 aliphatic heterocycles. The predicted molar refractivity (Wildman–Crippen MR) is 97.5 cm³/mol. The molecule has 1 aromatic heterocycles.